The molecule has 230 valence electrons. The molecule has 0 amide bonds. The second kappa shape index (κ2) is 15.2. The maximum absolute atomic E-state index is 11.7. The Kier molecular flexibility index (Phi) is 10.9. The number of aryl methyl sites for hydroxylation is 1. The highest BCUT2D eigenvalue weighted by Gasteiger charge is 2.18. The van der Waals surface area contributed by atoms with E-state index in [1.807, 2.05) is 30.3 Å². The number of methoxy groups -OCH3 is 2. The number of anilines is 1. The molecule has 1 aliphatic rings. The van der Waals surface area contributed by atoms with Crippen molar-refractivity contribution in [3.63, 3.8) is 0 Å². The highest BCUT2D eigenvalue weighted by Crippen LogP contribution is 2.29. The average molecular weight is 589 g/mol. The summed E-state index contributed by atoms with van der Waals surface area (Å²) in [4.78, 5) is 26.3. The van der Waals surface area contributed by atoms with E-state index in [4.69, 9.17) is 24.9 Å². The number of imidazole rings is 1. The summed E-state index contributed by atoms with van der Waals surface area (Å²) in [5.41, 5.74) is 11.3. The summed E-state index contributed by atoms with van der Waals surface area (Å²) in [5, 5.41) is 1.07. The molecular formula is C33H44N6O4. The van der Waals surface area contributed by atoms with E-state index in [1.54, 1.807) is 7.11 Å². The predicted molar refractivity (Wildman–Crippen MR) is 169 cm³/mol. The lowest BCUT2D eigenvalue weighted by molar-refractivity contribution is -0.139. The molecular weight excluding hydrogens is 544 g/mol. The van der Waals surface area contributed by atoms with Gasteiger partial charge in [0.15, 0.2) is 5.82 Å². The second-order valence-corrected chi connectivity index (χ2v) is 11.1. The topological polar surface area (TPSA) is 108 Å². The van der Waals surface area contributed by atoms with E-state index in [2.05, 4.69) is 37.5 Å². The van der Waals surface area contributed by atoms with Gasteiger partial charge in [0.2, 0.25) is 0 Å². The second-order valence-electron chi connectivity index (χ2n) is 11.1. The van der Waals surface area contributed by atoms with Crippen molar-refractivity contribution in [2.45, 2.75) is 38.8 Å². The molecule has 1 aliphatic heterocycles. The number of nitrogens with zero attached hydrogens (tertiary/aromatic N) is 5. The lowest BCUT2D eigenvalue weighted by atomic mass is 10.1. The lowest BCUT2D eigenvalue weighted by Gasteiger charge is -2.28. The molecule has 2 N–H and O–H groups in total. The number of esters is 1. The highest BCUT2D eigenvalue weighted by atomic mass is 16.5. The number of carbonyl (C=O) groups is 1. The summed E-state index contributed by atoms with van der Waals surface area (Å²) >= 11 is 0. The molecule has 0 spiro atoms. The number of fused-ring (bicyclic) bond motifs is 3. The number of pyridine rings is 1. The minimum absolute atomic E-state index is 0.223. The molecule has 3 heterocycles. The van der Waals surface area contributed by atoms with E-state index < -0.39 is 0 Å². The van der Waals surface area contributed by atoms with Gasteiger partial charge in [0, 0.05) is 51.6 Å². The van der Waals surface area contributed by atoms with Gasteiger partial charge in [-0.25, -0.2) is 9.97 Å². The van der Waals surface area contributed by atoms with E-state index >= 15 is 0 Å². The Labute approximate surface area is 253 Å². The van der Waals surface area contributed by atoms with Crippen LogP contribution in [0, 0.1) is 0 Å². The first-order valence-electron chi connectivity index (χ1n) is 15.2. The number of nitrogen functional groups attached to an aromatic ring is 1. The third kappa shape index (κ3) is 8.08. The number of ether oxygens (including phenoxy) is 3. The van der Waals surface area contributed by atoms with E-state index in [1.165, 1.54) is 12.7 Å². The van der Waals surface area contributed by atoms with E-state index in [-0.39, 0.29) is 5.97 Å². The lowest BCUT2D eigenvalue weighted by Crippen LogP contribution is -2.38. The first-order chi connectivity index (χ1) is 21.1. The first-order valence-corrected chi connectivity index (χ1v) is 15.2. The van der Waals surface area contributed by atoms with Crippen LogP contribution >= 0.6 is 0 Å². The van der Waals surface area contributed by atoms with Gasteiger partial charge >= 0.3 is 5.97 Å². The fourth-order valence-electron chi connectivity index (χ4n) is 5.85. The predicted octanol–water partition coefficient (Wildman–Crippen LogP) is 3.69. The molecule has 10 nitrogen and oxygen atoms in total. The van der Waals surface area contributed by atoms with Crippen LogP contribution in [0.25, 0.3) is 21.9 Å². The number of carbonyl (C=O) groups excluding carboxylic acids is 1. The van der Waals surface area contributed by atoms with Crippen molar-refractivity contribution in [3.05, 3.63) is 65.5 Å². The summed E-state index contributed by atoms with van der Waals surface area (Å²) in [5.74, 6) is 1.22. The summed E-state index contributed by atoms with van der Waals surface area (Å²) in [6, 6.07) is 16.4. The Morgan fingerprint density at radius 3 is 2.44 bits per heavy atom. The Balaban J connectivity index is 1.31. The SMILES string of the molecule is COCCc1nc2c(N)nc3ccccc3c2n1CCCN(CCCN1CCOCC1)Cc1ccc(CC(=O)OC)cc1. The van der Waals surface area contributed by atoms with Gasteiger partial charge in [-0.3, -0.25) is 14.6 Å². The Hall–Kier alpha value is -3.57. The smallest absolute Gasteiger partial charge is 0.309 e. The normalized spacial score (nSPS) is 14.2. The van der Waals surface area contributed by atoms with Crippen LogP contribution in [-0.4, -0.2) is 97.1 Å². The van der Waals surface area contributed by atoms with Crippen molar-refractivity contribution in [1.82, 2.24) is 24.3 Å². The standard InChI is InChI=1S/C33H44N6O4/c1-41-20-13-29-36-31-32(27-7-3-4-8-28(27)35-33(31)34)39(29)17-6-16-38(15-5-14-37-18-21-43-22-19-37)24-26-11-9-25(10-12-26)23-30(40)42-2/h3-4,7-12H,5-6,13-24H2,1-2H3,(H2,34,35). The molecule has 2 aromatic carbocycles. The molecule has 0 saturated carbocycles. The third-order valence-corrected chi connectivity index (χ3v) is 8.13. The Morgan fingerprint density at radius 2 is 1.70 bits per heavy atom. The number of morpholine rings is 1. The zero-order valence-corrected chi connectivity index (χ0v) is 25.5. The third-order valence-electron chi connectivity index (χ3n) is 8.13. The largest absolute Gasteiger partial charge is 0.469 e. The maximum atomic E-state index is 11.7. The van der Waals surface area contributed by atoms with Gasteiger partial charge in [-0.2, -0.15) is 0 Å². The quantitative estimate of drug-likeness (QED) is 0.208. The summed E-state index contributed by atoms with van der Waals surface area (Å²) < 4.78 is 18.1. The maximum Gasteiger partial charge on any atom is 0.309 e. The number of hydrogen-bond acceptors (Lipinski definition) is 9. The molecule has 0 aliphatic carbocycles. The summed E-state index contributed by atoms with van der Waals surface area (Å²) in [7, 11) is 3.14. The van der Waals surface area contributed by atoms with Crippen molar-refractivity contribution in [2.24, 2.45) is 0 Å². The molecule has 0 unspecified atom stereocenters. The monoisotopic (exact) mass is 588 g/mol. The zero-order valence-electron chi connectivity index (χ0n) is 25.5. The molecule has 0 radical (unpaired) electrons. The van der Waals surface area contributed by atoms with Gasteiger partial charge in [0.05, 0.1) is 44.4 Å². The average Bonchev–Trinajstić information content (AvgIpc) is 3.40. The number of para-hydroxylation sites is 1. The van der Waals surface area contributed by atoms with Gasteiger partial charge in [-0.15, -0.1) is 0 Å². The van der Waals surface area contributed by atoms with Crippen LogP contribution in [-0.2, 0) is 44.9 Å². The molecule has 1 fully saturated rings. The summed E-state index contributed by atoms with van der Waals surface area (Å²) in [6.45, 7) is 8.93. The number of benzene rings is 2. The van der Waals surface area contributed by atoms with Crippen LogP contribution in [0.1, 0.15) is 29.8 Å². The van der Waals surface area contributed by atoms with E-state index in [0.29, 0.717) is 25.3 Å². The first kappa shape index (κ1) is 30.9. The Bertz CT molecular complexity index is 1480. The highest BCUT2D eigenvalue weighted by molar-refractivity contribution is 6.06. The van der Waals surface area contributed by atoms with Crippen molar-refractivity contribution < 1.29 is 19.0 Å². The fourth-order valence-corrected chi connectivity index (χ4v) is 5.85. The van der Waals surface area contributed by atoms with Crippen LogP contribution in [0.3, 0.4) is 0 Å². The van der Waals surface area contributed by atoms with E-state index in [9.17, 15) is 4.79 Å². The van der Waals surface area contributed by atoms with Crippen LogP contribution in [0.15, 0.2) is 48.5 Å². The van der Waals surface area contributed by atoms with Crippen LogP contribution in [0.2, 0.25) is 0 Å². The Morgan fingerprint density at radius 1 is 0.977 bits per heavy atom. The van der Waals surface area contributed by atoms with Crippen LogP contribution < -0.4 is 5.73 Å². The number of nitrogens with two attached hydrogens (primary N) is 1. The van der Waals surface area contributed by atoms with Crippen LogP contribution in [0.5, 0.6) is 0 Å². The molecule has 0 bridgehead atoms. The van der Waals surface area contributed by atoms with Gasteiger partial charge in [-0.05, 0) is 43.1 Å². The number of aromatic nitrogens is 3. The van der Waals surface area contributed by atoms with Crippen LogP contribution in [0.4, 0.5) is 5.82 Å². The zero-order chi connectivity index (χ0) is 30.0. The van der Waals surface area contributed by atoms with E-state index in [0.717, 1.165) is 105 Å². The van der Waals surface area contributed by atoms with Crippen molar-refractivity contribution in [2.75, 3.05) is 72.5 Å². The van der Waals surface area contributed by atoms with Gasteiger partial charge in [0.25, 0.3) is 0 Å². The molecule has 4 aromatic rings. The molecule has 43 heavy (non-hydrogen) atoms. The molecule has 1 saturated heterocycles. The fraction of sp³-hybridized carbons (Fsp3) is 0.485. The number of rotatable bonds is 15. The molecule has 5 rings (SSSR count). The van der Waals surface area contributed by atoms with Crippen molar-refractivity contribution >= 4 is 33.7 Å². The van der Waals surface area contributed by atoms with Gasteiger partial charge in [0.1, 0.15) is 11.3 Å². The minimum Gasteiger partial charge on any atom is -0.469 e. The van der Waals surface area contributed by atoms with Crippen molar-refractivity contribution in [1.29, 1.82) is 0 Å². The van der Waals surface area contributed by atoms with Gasteiger partial charge in [-0.1, -0.05) is 42.5 Å². The number of hydrogen-bond donors (Lipinski definition) is 1. The minimum atomic E-state index is -0.223. The molecule has 0 atom stereocenters. The molecule has 2 aromatic heterocycles. The molecule has 10 heteroatoms. The van der Waals surface area contributed by atoms with Gasteiger partial charge < -0.3 is 24.5 Å². The van der Waals surface area contributed by atoms with Crippen molar-refractivity contribution in [3.8, 4) is 0 Å². The summed E-state index contributed by atoms with van der Waals surface area (Å²) in [6.07, 6.45) is 3.06.